The lowest BCUT2D eigenvalue weighted by molar-refractivity contribution is 0.0696. The quantitative estimate of drug-likeness (QED) is 0.201. The standard InChI is InChI=1S/C35H37FN6O3/c1-23-8-13-28(21-41(23)35(43)45-22-25-6-4-3-5-7-25)39-33-32-30(26-11-12-27(19-37)31(36)18-26)16-17-38-34(32)42(40-33)20-24-9-14-29(44-2)15-10-24/h3-7,9-12,14-18,23,28H,8,13,19-22,37H2,1-2H3,(H,39,40)/t23-,28+/m0/s1. The third-order valence-corrected chi connectivity index (χ3v) is 8.37. The van der Waals surface area contributed by atoms with E-state index in [0.717, 1.165) is 40.7 Å². The van der Waals surface area contributed by atoms with Gasteiger partial charge in [0.1, 0.15) is 18.2 Å². The van der Waals surface area contributed by atoms with E-state index in [0.29, 0.717) is 35.7 Å². The summed E-state index contributed by atoms with van der Waals surface area (Å²) in [6, 6.07) is 24.4. The van der Waals surface area contributed by atoms with E-state index in [1.165, 1.54) is 6.07 Å². The van der Waals surface area contributed by atoms with E-state index in [1.807, 2.05) is 78.3 Å². The largest absolute Gasteiger partial charge is 0.497 e. The van der Waals surface area contributed by atoms with Crippen LogP contribution in [0.4, 0.5) is 15.0 Å². The normalized spacial score (nSPS) is 16.5. The minimum absolute atomic E-state index is 0.0389. The Kier molecular flexibility index (Phi) is 8.93. The highest BCUT2D eigenvalue weighted by atomic mass is 19.1. The number of aromatic nitrogens is 3. The summed E-state index contributed by atoms with van der Waals surface area (Å²) >= 11 is 0. The van der Waals surface area contributed by atoms with Gasteiger partial charge in [0.25, 0.3) is 0 Å². The van der Waals surface area contributed by atoms with Gasteiger partial charge in [-0.05, 0) is 66.3 Å². The number of halogens is 1. The number of carbonyl (C=O) groups is 1. The summed E-state index contributed by atoms with van der Waals surface area (Å²) in [6.45, 7) is 3.31. The number of likely N-dealkylation sites (tertiary alicyclic amines) is 1. The third-order valence-electron chi connectivity index (χ3n) is 8.37. The Morgan fingerprint density at radius 1 is 1.04 bits per heavy atom. The second-order valence-electron chi connectivity index (χ2n) is 11.4. The molecular weight excluding hydrogens is 571 g/mol. The van der Waals surface area contributed by atoms with Gasteiger partial charge in [0.05, 0.1) is 19.0 Å². The number of benzene rings is 3. The number of fused-ring (bicyclic) bond motifs is 1. The fourth-order valence-electron chi connectivity index (χ4n) is 5.81. The summed E-state index contributed by atoms with van der Waals surface area (Å²) in [5.41, 5.74) is 10.3. The van der Waals surface area contributed by atoms with Crippen molar-refractivity contribution >= 4 is 22.9 Å². The van der Waals surface area contributed by atoms with Crippen LogP contribution in [0.1, 0.15) is 36.5 Å². The van der Waals surface area contributed by atoms with E-state index in [4.69, 9.17) is 25.3 Å². The average molecular weight is 609 g/mol. The third kappa shape index (κ3) is 6.61. The molecule has 2 aromatic heterocycles. The molecule has 3 N–H and O–H groups in total. The van der Waals surface area contributed by atoms with Crippen LogP contribution in [0, 0.1) is 5.82 Å². The Labute approximate surface area is 261 Å². The van der Waals surface area contributed by atoms with E-state index < -0.39 is 0 Å². The zero-order chi connectivity index (χ0) is 31.3. The number of amides is 1. The van der Waals surface area contributed by atoms with Gasteiger partial charge in [0.2, 0.25) is 0 Å². The van der Waals surface area contributed by atoms with Crippen LogP contribution in [0.25, 0.3) is 22.2 Å². The maximum atomic E-state index is 14.9. The average Bonchev–Trinajstić information content (AvgIpc) is 3.41. The lowest BCUT2D eigenvalue weighted by atomic mass is 9.99. The number of pyridine rings is 1. The van der Waals surface area contributed by atoms with Crippen molar-refractivity contribution < 1.29 is 18.7 Å². The monoisotopic (exact) mass is 608 g/mol. The van der Waals surface area contributed by atoms with Crippen molar-refractivity contribution in [1.82, 2.24) is 19.7 Å². The molecule has 0 unspecified atom stereocenters. The van der Waals surface area contributed by atoms with Crippen LogP contribution in [-0.2, 0) is 24.4 Å². The number of carbonyl (C=O) groups excluding carboxylic acids is 1. The Balaban J connectivity index is 1.31. The van der Waals surface area contributed by atoms with Gasteiger partial charge in [-0.1, -0.05) is 54.6 Å². The van der Waals surface area contributed by atoms with E-state index in [2.05, 4.69) is 5.32 Å². The van der Waals surface area contributed by atoms with E-state index in [-0.39, 0.29) is 37.1 Å². The van der Waals surface area contributed by atoms with Gasteiger partial charge in [-0.25, -0.2) is 18.9 Å². The van der Waals surface area contributed by atoms with Crippen LogP contribution in [0.2, 0.25) is 0 Å². The van der Waals surface area contributed by atoms with Crippen molar-refractivity contribution in [1.29, 1.82) is 0 Å². The van der Waals surface area contributed by atoms with Crippen molar-refractivity contribution in [3.8, 4) is 16.9 Å². The van der Waals surface area contributed by atoms with Gasteiger partial charge in [-0.15, -0.1) is 0 Å². The lowest BCUT2D eigenvalue weighted by Gasteiger charge is -2.37. The topological polar surface area (TPSA) is 108 Å². The smallest absolute Gasteiger partial charge is 0.410 e. The number of rotatable bonds is 9. The van der Waals surface area contributed by atoms with Gasteiger partial charge in [0.15, 0.2) is 11.5 Å². The minimum atomic E-state index is -0.356. The summed E-state index contributed by atoms with van der Waals surface area (Å²) < 4.78 is 27.7. The molecule has 3 aromatic carbocycles. The van der Waals surface area contributed by atoms with Crippen LogP contribution in [0.15, 0.2) is 85.1 Å². The molecule has 0 spiro atoms. The molecule has 1 saturated heterocycles. The molecule has 0 radical (unpaired) electrons. The van der Waals surface area contributed by atoms with E-state index in [9.17, 15) is 9.18 Å². The Morgan fingerprint density at radius 3 is 2.58 bits per heavy atom. The second-order valence-corrected chi connectivity index (χ2v) is 11.4. The predicted octanol–water partition coefficient (Wildman–Crippen LogP) is 6.35. The number of methoxy groups -OCH3 is 1. The van der Waals surface area contributed by atoms with Crippen LogP contribution in [0.3, 0.4) is 0 Å². The van der Waals surface area contributed by atoms with Crippen molar-refractivity contribution in [3.63, 3.8) is 0 Å². The second kappa shape index (κ2) is 13.4. The van der Waals surface area contributed by atoms with Crippen LogP contribution >= 0.6 is 0 Å². The highest BCUT2D eigenvalue weighted by molar-refractivity contribution is 6.01. The van der Waals surface area contributed by atoms with Gasteiger partial charge in [-0.3, -0.25) is 0 Å². The maximum absolute atomic E-state index is 14.9. The number of nitrogens with two attached hydrogens (primary N) is 1. The van der Waals surface area contributed by atoms with Crippen molar-refractivity contribution in [3.05, 3.63) is 108 Å². The maximum Gasteiger partial charge on any atom is 0.410 e. The molecule has 3 heterocycles. The highest BCUT2D eigenvalue weighted by Gasteiger charge is 2.31. The molecule has 0 aliphatic carbocycles. The number of piperidine rings is 1. The first-order chi connectivity index (χ1) is 21.9. The molecule has 9 nitrogen and oxygen atoms in total. The van der Waals surface area contributed by atoms with Gasteiger partial charge in [0, 0.05) is 36.9 Å². The summed E-state index contributed by atoms with van der Waals surface area (Å²) in [6.07, 6.45) is 3.02. The molecule has 232 valence electrons. The molecule has 2 atom stereocenters. The van der Waals surface area contributed by atoms with Crippen molar-refractivity contribution in [2.24, 2.45) is 5.73 Å². The summed E-state index contributed by atoms with van der Waals surface area (Å²) in [5, 5.41) is 9.39. The first kappa shape index (κ1) is 30.1. The first-order valence-electron chi connectivity index (χ1n) is 15.1. The highest BCUT2D eigenvalue weighted by Crippen LogP contribution is 2.35. The van der Waals surface area contributed by atoms with Gasteiger partial charge < -0.3 is 25.4 Å². The summed E-state index contributed by atoms with van der Waals surface area (Å²) in [7, 11) is 1.64. The molecule has 1 aliphatic heterocycles. The zero-order valence-electron chi connectivity index (χ0n) is 25.4. The Hall–Kier alpha value is -4.96. The van der Waals surface area contributed by atoms with Crippen molar-refractivity contribution in [2.75, 3.05) is 19.0 Å². The molecular formula is C35H37FN6O3. The molecule has 6 rings (SSSR count). The van der Waals surface area contributed by atoms with E-state index >= 15 is 0 Å². The van der Waals surface area contributed by atoms with Crippen LogP contribution in [0.5, 0.6) is 5.75 Å². The first-order valence-corrected chi connectivity index (χ1v) is 15.1. The molecule has 1 fully saturated rings. The van der Waals surface area contributed by atoms with Crippen molar-refractivity contribution in [2.45, 2.75) is 51.5 Å². The lowest BCUT2D eigenvalue weighted by Crippen LogP contribution is -2.49. The molecule has 0 bridgehead atoms. The fraction of sp³-hybridized carbons (Fsp3) is 0.286. The van der Waals surface area contributed by atoms with Gasteiger partial charge in [-0.2, -0.15) is 5.10 Å². The predicted molar refractivity (Wildman–Crippen MR) is 172 cm³/mol. The zero-order valence-corrected chi connectivity index (χ0v) is 25.4. The number of hydrogen-bond donors (Lipinski definition) is 2. The molecule has 45 heavy (non-hydrogen) atoms. The number of hydrogen-bond acceptors (Lipinski definition) is 7. The summed E-state index contributed by atoms with van der Waals surface area (Å²) in [4.78, 5) is 19.7. The molecule has 1 amide bonds. The van der Waals surface area contributed by atoms with E-state index in [1.54, 1.807) is 24.3 Å². The fourth-order valence-corrected chi connectivity index (χ4v) is 5.81. The minimum Gasteiger partial charge on any atom is -0.497 e. The number of nitrogens with zero attached hydrogens (tertiary/aromatic N) is 4. The Bertz CT molecular complexity index is 1780. The summed E-state index contributed by atoms with van der Waals surface area (Å²) in [5.74, 6) is 1.04. The molecule has 5 aromatic rings. The molecule has 10 heteroatoms. The molecule has 1 aliphatic rings. The molecule has 0 saturated carbocycles. The number of anilines is 1. The number of nitrogens with one attached hydrogen (secondary N) is 1. The van der Waals surface area contributed by atoms with Crippen LogP contribution in [-0.4, -0.2) is 51.5 Å². The van der Waals surface area contributed by atoms with Gasteiger partial charge >= 0.3 is 6.09 Å². The SMILES string of the molecule is COc1ccc(Cn2nc(N[C@@H]3CC[C@H](C)N(C(=O)OCc4ccccc4)C3)c3c(-c4ccc(CN)c(F)c4)ccnc32)cc1. The number of ether oxygens (including phenoxy) is 2. The Morgan fingerprint density at radius 2 is 1.84 bits per heavy atom. The van der Waals surface area contributed by atoms with Crippen LogP contribution < -0.4 is 15.8 Å².